The van der Waals surface area contributed by atoms with E-state index in [1.54, 1.807) is 0 Å². The number of nitro groups is 1. The number of nitrogen functional groups attached to an aromatic ring is 1. The first-order valence-corrected chi connectivity index (χ1v) is 10.9. The number of nitrogens with zero attached hydrogens (tertiary/aromatic N) is 5. The average Bonchev–Trinajstić information content (AvgIpc) is 2.74. The lowest BCUT2D eigenvalue weighted by Gasteiger charge is -2.34. The largest absolute Gasteiger partial charge is 0.378 e. The van der Waals surface area contributed by atoms with Crippen molar-refractivity contribution in [1.29, 1.82) is 0 Å². The van der Waals surface area contributed by atoms with Crippen LogP contribution in [0.4, 0.5) is 23.3 Å². The van der Waals surface area contributed by atoms with Gasteiger partial charge in [-0.05, 0) is 49.5 Å². The van der Waals surface area contributed by atoms with Crippen LogP contribution in [0.1, 0.15) is 38.2 Å². The Balaban J connectivity index is 1.53. The monoisotopic (exact) mass is 410 g/mol. The molecule has 4 rings (SSSR count). The van der Waals surface area contributed by atoms with Gasteiger partial charge in [0.2, 0.25) is 17.6 Å². The van der Waals surface area contributed by atoms with Gasteiger partial charge in [0.15, 0.2) is 0 Å². The van der Waals surface area contributed by atoms with Crippen LogP contribution in [0.25, 0.3) is 0 Å². The van der Waals surface area contributed by atoms with E-state index in [0.29, 0.717) is 23.6 Å². The molecule has 3 heterocycles. The predicted molar refractivity (Wildman–Crippen MR) is 119 cm³/mol. The van der Waals surface area contributed by atoms with Crippen molar-refractivity contribution in [1.82, 2.24) is 9.97 Å². The van der Waals surface area contributed by atoms with Crippen LogP contribution in [0, 0.1) is 22.0 Å². The Labute approximate surface area is 177 Å². The Bertz CT molecular complexity index is 883. The van der Waals surface area contributed by atoms with Gasteiger partial charge in [0, 0.05) is 26.2 Å². The first-order chi connectivity index (χ1) is 14.5. The highest BCUT2D eigenvalue weighted by molar-refractivity contribution is 5.71. The van der Waals surface area contributed by atoms with E-state index in [2.05, 4.69) is 46.1 Å². The molecular weight excluding hydrogens is 380 g/mol. The normalized spacial score (nSPS) is 20.4. The molecule has 1 aromatic heterocycles. The van der Waals surface area contributed by atoms with Crippen molar-refractivity contribution < 1.29 is 4.92 Å². The van der Waals surface area contributed by atoms with Crippen molar-refractivity contribution in [3.8, 4) is 0 Å². The van der Waals surface area contributed by atoms with E-state index in [1.807, 2.05) is 11.0 Å². The number of anilines is 3. The summed E-state index contributed by atoms with van der Waals surface area (Å²) in [4.78, 5) is 24.4. The molecule has 30 heavy (non-hydrogen) atoms. The summed E-state index contributed by atoms with van der Waals surface area (Å²) in [6.45, 7) is 5.41. The molecule has 0 radical (unpaired) electrons. The third-order valence-corrected chi connectivity index (χ3v) is 6.28. The fourth-order valence-corrected chi connectivity index (χ4v) is 4.65. The maximum Gasteiger partial charge on any atom is 0.353 e. The fraction of sp³-hybridized carbons (Fsp3) is 0.545. The minimum atomic E-state index is -0.441. The summed E-state index contributed by atoms with van der Waals surface area (Å²) < 4.78 is 0. The van der Waals surface area contributed by atoms with Gasteiger partial charge in [-0.2, -0.15) is 9.97 Å². The standard InChI is InChI=1S/C22H30N6O2/c1-16-6-5-11-27(15-16)22-24-20(23)19(28(29)30)21(25-22)26-12-9-18(10-13-26)14-17-7-3-2-4-8-17/h2-4,7-8,16,18H,5-6,9-15H2,1H3,(H2,23,24,25)/t16-/m0/s1. The first-order valence-electron chi connectivity index (χ1n) is 10.9. The number of hydrogen-bond acceptors (Lipinski definition) is 7. The van der Waals surface area contributed by atoms with Crippen molar-refractivity contribution in [3.05, 3.63) is 46.0 Å². The third kappa shape index (κ3) is 4.47. The maximum atomic E-state index is 11.7. The molecule has 2 saturated heterocycles. The van der Waals surface area contributed by atoms with Gasteiger partial charge in [0.1, 0.15) is 0 Å². The minimum Gasteiger partial charge on any atom is -0.378 e. The van der Waals surface area contributed by atoms with Crippen LogP contribution in [0.3, 0.4) is 0 Å². The van der Waals surface area contributed by atoms with Crippen molar-refractivity contribution in [2.75, 3.05) is 41.7 Å². The molecule has 2 fully saturated rings. The summed E-state index contributed by atoms with van der Waals surface area (Å²) in [7, 11) is 0. The number of nitrogens with two attached hydrogens (primary N) is 1. The number of benzene rings is 1. The van der Waals surface area contributed by atoms with Gasteiger partial charge in [-0.1, -0.05) is 37.3 Å². The van der Waals surface area contributed by atoms with Gasteiger partial charge in [0.05, 0.1) is 4.92 Å². The molecule has 8 nitrogen and oxygen atoms in total. The molecule has 2 N–H and O–H groups in total. The average molecular weight is 411 g/mol. The zero-order valence-electron chi connectivity index (χ0n) is 17.5. The zero-order valence-corrected chi connectivity index (χ0v) is 17.5. The second-order valence-corrected chi connectivity index (χ2v) is 8.65. The highest BCUT2D eigenvalue weighted by atomic mass is 16.6. The van der Waals surface area contributed by atoms with Gasteiger partial charge in [0.25, 0.3) is 0 Å². The molecule has 0 saturated carbocycles. The van der Waals surface area contributed by atoms with Gasteiger partial charge >= 0.3 is 5.69 Å². The van der Waals surface area contributed by atoms with E-state index in [9.17, 15) is 10.1 Å². The van der Waals surface area contributed by atoms with E-state index in [-0.39, 0.29) is 11.5 Å². The Morgan fingerprint density at radius 3 is 2.50 bits per heavy atom. The summed E-state index contributed by atoms with van der Waals surface area (Å²) >= 11 is 0. The summed E-state index contributed by atoms with van der Waals surface area (Å²) in [6, 6.07) is 10.5. The molecule has 1 aromatic carbocycles. The molecule has 8 heteroatoms. The van der Waals surface area contributed by atoms with E-state index in [0.717, 1.165) is 51.9 Å². The van der Waals surface area contributed by atoms with Crippen LogP contribution in [0.2, 0.25) is 0 Å². The van der Waals surface area contributed by atoms with Crippen LogP contribution >= 0.6 is 0 Å². The van der Waals surface area contributed by atoms with Crippen molar-refractivity contribution >= 4 is 23.3 Å². The Morgan fingerprint density at radius 2 is 1.83 bits per heavy atom. The lowest BCUT2D eigenvalue weighted by atomic mass is 9.90. The Hall–Kier alpha value is -2.90. The molecule has 0 amide bonds. The van der Waals surface area contributed by atoms with E-state index >= 15 is 0 Å². The van der Waals surface area contributed by atoms with Crippen LogP contribution in [-0.2, 0) is 6.42 Å². The third-order valence-electron chi connectivity index (χ3n) is 6.28. The molecule has 2 aliphatic heterocycles. The highest BCUT2D eigenvalue weighted by Gasteiger charge is 2.31. The maximum absolute atomic E-state index is 11.7. The molecule has 2 aromatic rings. The molecule has 0 aliphatic carbocycles. The van der Waals surface area contributed by atoms with E-state index in [4.69, 9.17) is 5.73 Å². The molecule has 1 atom stereocenters. The van der Waals surface area contributed by atoms with Gasteiger partial charge < -0.3 is 15.5 Å². The lowest BCUT2D eigenvalue weighted by Crippen LogP contribution is -2.38. The second-order valence-electron chi connectivity index (χ2n) is 8.65. The van der Waals surface area contributed by atoms with Gasteiger partial charge in [-0.15, -0.1) is 0 Å². The van der Waals surface area contributed by atoms with Gasteiger partial charge in [-0.25, -0.2) is 0 Å². The van der Waals surface area contributed by atoms with Crippen LogP contribution in [0.15, 0.2) is 30.3 Å². The van der Waals surface area contributed by atoms with Gasteiger partial charge in [-0.3, -0.25) is 10.1 Å². The molecule has 0 spiro atoms. The molecule has 2 aliphatic rings. The van der Waals surface area contributed by atoms with Crippen LogP contribution < -0.4 is 15.5 Å². The highest BCUT2D eigenvalue weighted by Crippen LogP contribution is 2.36. The topological polar surface area (TPSA) is 101 Å². The SMILES string of the molecule is C[C@H]1CCCN(c2nc(N)c([N+](=O)[O-])c(N3CCC(Cc4ccccc4)CC3)n2)C1. The molecule has 160 valence electrons. The summed E-state index contributed by atoms with van der Waals surface area (Å²) in [5, 5.41) is 11.7. The van der Waals surface area contributed by atoms with Crippen LogP contribution in [0.5, 0.6) is 0 Å². The summed E-state index contributed by atoms with van der Waals surface area (Å²) in [5.41, 5.74) is 7.24. The Kier molecular flexibility index (Phi) is 6.01. The number of hydrogen-bond donors (Lipinski definition) is 1. The summed E-state index contributed by atoms with van der Waals surface area (Å²) in [6.07, 6.45) is 5.25. The Morgan fingerprint density at radius 1 is 1.10 bits per heavy atom. The van der Waals surface area contributed by atoms with Crippen LogP contribution in [-0.4, -0.2) is 41.1 Å². The fourth-order valence-electron chi connectivity index (χ4n) is 4.65. The van der Waals surface area contributed by atoms with Crippen molar-refractivity contribution in [2.45, 2.75) is 39.0 Å². The molecular formula is C22H30N6O2. The van der Waals surface area contributed by atoms with Crippen molar-refractivity contribution in [3.63, 3.8) is 0 Å². The van der Waals surface area contributed by atoms with E-state index < -0.39 is 4.92 Å². The molecule has 0 bridgehead atoms. The smallest absolute Gasteiger partial charge is 0.353 e. The van der Waals surface area contributed by atoms with E-state index in [1.165, 1.54) is 12.0 Å². The summed E-state index contributed by atoms with van der Waals surface area (Å²) in [5.74, 6) is 1.98. The number of aromatic nitrogens is 2. The number of rotatable bonds is 5. The first kappa shape index (κ1) is 20.4. The van der Waals surface area contributed by atoms with Crippen molar-refractivity contribution in [2.24, 2.45) is 11.8 Å². The zero-order chi connectivity index (χ0) is 21.1. The number of piperidine rings is 2. The second kappa shape index (κ2) is 8.85. The molecule has 0 unspecified atom stereocenters. The lowest BCUT2D eigenvalue weighted by molar-refractivity contribution is -0.383. The minimum absolute atomic E-state index is 0.0374. The quantitative estimate of drug-likeness (QED) is 0.593. The predicted octanol–water partition coefficient (Wildman–Crippen LogP) is 3.66.